The SMILES string of the molecule is COc1ccccc1NC(=O)CNC(=O)c1cccnc1. The summed E-state index contributed by atoms with van der Waals surface area (Å²) in [6, 6.07) is 10.3. The summed E-state index contributed by atoms with van der Waals surface area (Å²) in [4.78, 5) is 27.4. The molecule has 1 aromatic heterocycles. The maximum absolute atomic E-state index is 11.8. The maximum atomic E-state index is 11.8. The lowest BCUT2D eigenvalue weighted by Crippen LogP contribution is -2.32. The number of nitrogens with one attached hydrogen (secondary N) is 2. The zero-order valence-corrected chi connectivity index (χ0v) is 11.5. The molecule has 108 valence electrons. The zero-order valence-electron chi connectivity index (χ0n) is 11.5. The van der Waals surface area contributed by atoms with Gasteiger partial charge in [0, 0.05) is 12.4 Å². The highest BCUT2D eigenvalue weighted by Gasteiger charge is 2.09. The third-order valence-electron chi connectivity index (χ3n) is 2.71. The van der Waals surface area contributed by atoms with Gasteiger partial charge in [0.15, 0.2) is 0 Å². The Kier molecular flexibility index (Phi) is 4.87. The topological polar surface area (TPSA) is 80.3 Å². The van der Waals surface area contributed by atoms with Crippen LogP contribution >= 0.6 is 0 Å². The molecule has 0 aliphatic carbocycles. The summed E-state index contributed by atoms with van der Waals surface area (Å²) in [5.74, 6) is -0.126. The minimum Gasteiger partial charge on any atom is -0.495 e. The summed E-state index contributed by atoms with van der Waals surface area (Å²) >= 11 is 0. The van der Waals surface area contributed by atoms with Gasteiger partial charge in [-0.3, -0.25) is 14.6 Å². The van der Waals surface area contributed by atoms with Gasteiger partial charge in [0.2, 0.25) is 5.91 Å². The fourth-order valence-corrected chi connectivity index (χ4v) is 1.70. The Morgan fingerprint density at radius 3 is 2.71 bits per heavy atom. The van der Waals surface area contributed by atoms with Gasteiger partial charge in [-0.05, 0) is 24.3 Å². The summed E-state index contributed by atoms with van der Waals surface area (Å²) < 4.78 is 5.13. The van der Waals surface area contributed by atoms with E-state index in [4.69, 9.17) is 4.74 Å². The minimum atomic E-state index is -0.349. The van der Waals surface area contributed by atoms with E-state index in [2.05, 4.69) is 15.6 Å². The van der Waals surface area contributed by atoms with Gasteiger partial charge < -0.3 is 15.4 Å². The van der Waals surface area contributed by atoms with E-state index in [0.717, 1.165) is 0 Å². The molecule has 0 atom stereocenters. The van der Waals surface area contributed by atoms with Gasteiger partial charge >= 0.3 is 0 Å². The molecule has 1 aromatic carbocycles. The van der Waals surface area contributed by atoms with Crippen LogP contribution in [0.2, 0.25) is 0 Å². The first-order valence-electron chi connectivity index (χ1n) is 6.32. The molecule has 0 aliphatic heterocycles. The van der Waals surface area contributed by atoms with Crippen molar-refractivity contribution in [2.24, 2.45) is 0 Å². The van der Waals surface area contributed by atoms with Gasteiger partial charge in [-0.15, -0.1) is 0 Å². The maximum Gasteiger partial charge on any atom is 0.253 e. The number of methoxy groups -OCH3 is 1. The van der Waals surface area contributed by atoms with Crippen LogP contribution in [0.3, 0.4) is 0 Å². The number of ether oxygens (including phenoxy) is 1. The van der Waals surface area contributed by atoms with Crippen LogP contribution in [0, 0.1) is 0 Å². The largest absolute Gasteiger partial charge is 0.495 e. The summed E-state index contributed by atoms with van der Waals surface area (Å²) in [5.41, 5.74) is 0.961. The highest BCUT2D eigenvalue weighted by atomic mass is 16.5. The molecule has 6 heteroatoms. The second-order valence-corrected chi connectivity index (χ2v) is 4.17. The molecule has 0 aliphatic rings. The van der Waals surface area contributed by atoms with Gasteiger partial charge in [0.1, 0.15) is 5.75 Å². The van der Waals surface area contributed by atoms with Crippen LogP contribution in [0.1, 0.15) is 10.4 Å². The first-order valence-corrected chi connectivity index (χ1v) is 6.32. The molecule has 2 amide bonds. The van der Waals surface area contributed by atoms with Crippen LogP contribution < -0.4 is 15.4 Å². The lowest BCUT2D eigenvalue weighted by Gasteiger charge is -2.10. The van der Waals surface area contributed by atoms with E-state index in [1.807, 2.05) is 0 Å². The number of nitrogens with zero attached hydrogens (tertiary/aromatic N) is 1. The minimum absolute atomic E-state index is 0.133. The van der Waals surface area contributed by atoms with E-state index in [-0.39, 0.29) is 18.4 Å². The van der Waals surface area contributed by atoms with Crippen LogP contribution in [0.4, 0.5) is 5.69 Å². The van der Waals surface area contributed by atoms with Crippen LogP contribution in [-0.4, -0.2) is 30.5 Å². The van der Waals surface area contributed by atoms with Crippen LogP contribution in [0.25, 0.3) is 0 Å². The van der Waals surface area contributed by atoms with Gasteiger partial charge in [-0.1, -0.05) is 12.1 Å². The third kappa shape index (κ3) is 4.04. The molecule has 0 spiro atoms. The first-order chi connectivity index (χ1) is 10.2. The highest BCUT2D eigenvalue weighted by Crippen LogP contribution is 2.22. The van der Waals surface area contributed by atoms with Crippen molar-refractivity contribution in [2.45, 2.75) is 0 Å². The Labute approximate surface area is 122 Å². The number of para-hydroxylation sites is 2. The summed E-state index contributed by atoms with van der Waals surface area (Å²) in [6.07, 6.45) is 3.01. The third-order valence-corrected chi connectivity index (χ3v) is 2.71. The molecule has 0 fully saturated rings. The van der Waals surface area contributed by atoms with Gasteiger partial charge in [-0.2, -0.15) is 0 Å². The Balaban J connectivity index is 1.89. The van der Waals surface area contributed by atoms with Crippen molar-refractivity contribution in [1.29, 1.82) is 0 Å². The standard InChI is InChI=1S/C15H15N3O3/c1-21-13-7-3-2-6-12(13)18-14(19)10-17-15(20)11-5-4-8-16-9-11/h2-9H,10H2,1H3,(H,17,20)(H,18,19). The van der Waals surface area contributed by atoms with Crippen molar-refractivity contribution in [3.63, 3.8) is 0 Å². The predicted molar refractivity (Wildman–Crippen MR) is 78.2 cm³/mol. The smallest absolute Gasteiger partial charge is 0.253 e. The van der Waals surface area contributed by atoms with E-state index >= 15 is 0 Å². The molecule has 0 bridgehead atoms. The molecule has 0 radical (unpaired) electrons. The number of hydrogen-bond donors (Lipinski definition) is 2. The predicted octanol–water partition coefficient (Wildman–Crippen LogP) is 1.46. The Hall–Kier alpha value is -2.89. The average molecular weight is 285 g/mol. The molecule has 0 saturated heterocycles. The lowest BCUT2D eigenvalue weighted by molar-refractivity contribution is -0.115. The molecule has 0 unspecified atom stereocenters. The number of benzene rings is 1. The Morgan fingerprint density at radius 1 is 1.19 bits per heavy atom. The summed E-state index contributed by atoms with van der Waals surface area (Å²) in [6.45, 7) is -0.133. The van der Waals surface area contributed by atoms with E-state index in [9.17, 15) is 9.59 Å². The quantitative estimate of drug-likeness (QED) is 0.871. The van der Waals surface area contributed by atoms with Gasteiger partial charge in [0.25, 0.3) is 5.91 Å². The van der Waals surface area contributed by atoms with Gasteiger partial charge in [-0.25, -0.2) is 0 Å². The molecule has 1 heterocycles. The number of rotatable bonds is 5. The number of anilines is 1. The number of carbonyl (C=O) groups excluding carboxylic acids is 2. The van der Waals surface area contributed by atoms with E-state index in [1.165, 1.54) is 13.3 Å². The number of amides is 2. The van der Waals surface area contributed by atoms with Crippen molar-refractivity contribution in [2.75, 3.05) is 19.0 Å². The molecule has 2 N–H and O–H groups in total. The van der Waals surface area contributed by atoms with E-state index < -0.39 is 0 Å². The average Bonchev–Trinajstić information content (AvgIpc) is 2.54. The van der Waals surface area contributed by atoms with Gasteiger partial charge in [0.05, 0.1) is 24.9 Å². The fourth-order valence-electron chi connectivity index (χ4n) is 1.70. The molecular weight excluding hydrogens is 270 g/mol. The number of carbonyl (C=O) groups is 2. The van der Waals surface area contributed by atoms with Crippen molar-refractivity contribution in [3.05, 3.63) is 54.4 Å². The summed E-state index contributed by atoms with van der Waals surface area (Å²) in [7, 11) is 1.52. The second-order valence-electron chi connectivity index (χ2n) is 4.17. The molecule has 21 heavy (non-hydrogen) atoms. The van der Waals surface area contributed by atoms with Crippen molar-refractivity contribution in [1.82, 2.24) is 10.3 Å². The molecular formula is C15H15N3O3. The normalized spacial score (nSPS) is 9.76. The second kappa shape index (κ2) is 7.04. The number of aromatic nitrogens is 1. The Morgan fingerprint density at radius 2 is 2.00 bits per heavy atom. The molecule has 0 saturated carbocycles. The number of pyridine rings is 1. The zero-order chi connectivity index (χ0) is 15.1. The van der Waals surface area contributed by atoms with Crippen molar-refractivity contribution < 1.29 is 14.3 Å². The van der Waals surface area contributed by atoms with Crippen molar-refractivity contribution in [3.8, 4) is 5.75 Å². The fraction of sp³-hybridized carbons (Fsp3) is 0.133. The van der Waals surface area contributed by atoms with Crippen LogP contribution in [0.15, 0.2) is 48.8 Å². The number of hydrogen-bond acceptors (Lipinski definition) is 4. The monoisotopic (exact) mass is 285 g/mol. The van der Waals surface area contributed by atoms with Crippen LogP contribution in [-0.2, 0) is 4.79 Å². The first kappa shape index (κ1) is 14.5. The molecule has 6 nitrogen and oxygen atoms in total. The molecule has 2 rings (SSSR count). The van der Waals surface area contributed by atoms with E-state index in [1.54, 1.807) is 42.6 Å². The van der Waals surface area contributed by atoms with Crippen molar-refractivity contribution >= 4 is 17.5 Å². The lowest BCUT2D eigenvalue weighted by atomic mass is 10.2. The summed E-state index contributed by atoms with van der Waals surface area (Å²) in [5, 5.41) is 5.20. The van der Waals surface area contributed by atoms with E-state index in [0.29, 0.717) is 17.0 Å². The molecule has 2 aromatic rings. The van der Waals surface area contributed by atoms with Crippen LogP contribution in [0.5, 0.6) is 5.75 Å². The highest BCUT2D eigenvalue weighted by molar-refractivity contribution is 5.99. The Bertz CT molecular complexity index is 629.